The summed E-state index contributed by atoms with van der Waals surface area (Å²) >= 11 is 1.64. The number of benzene rings is 1. The zero-order valence-electron chi connectivity index (χ0n) is 14.0. The van der Waals surface area contributed by atoms with Crippen molar-refractivity contribution < 1.29 is 4.39 Å². The first-order valence-electron chi connectivity index (χ1n) is 7.71. The van der Waals surface area contributed by atoms with E-state index in [1.807, 2.05) is 33.0 Å². The van der Waals surface area contributed by atoms with Crippen LogP contribution in [0.1, 0.15) is 40.9 Å². The molecule has 124 valence electrons. The van der Waals surface area contributed by atoms with Gasteiger partial charge in [-0.2, -0.15) is 0 Å². The highest BCUT2D eigenvalue weighted by atomic mass is 32.1. The average molecular weight is 334 g/mol. The molecule has 2 aromatic rings. The average Bonchev–Trinajstić information content (AvgIpc) is 2.93. The number of aryl methyl sites for hydroxylation is 2. The van der Waals surface area contributed by atoms with Crippen LogP contribution in [-0.4, -0.2) is 17.5 Å². The van der Waals surface area contributed by atoms with Gasteiger partial charge in [0.15, 0.2) is 5.96 Å². The minimum Gasteiger partial charge on any atom is -0.357 e. The molecule has 0 radical (unpaired) electrons. The number of aromatic nitrogens is 1. The minimum atomic E-state index is -0.184. The van der Waals surface area contributed by atoms with E-state index in [-0.39, 0.29) is 11.9 Å². The summed E-state index contributed by atoms with van der Waals surface area (Å²) in [6, 6.07) is 5.26. The van der Waals surface area contributed by atoms with Crippen molar-refractivity contribution in [3.63, 3.8) is 0 Å². The number of aliphatic imine (C=N–C) groups is 1. The molecule has 1 unspecified atom stereocenters. The second kappa shape index (κ2) is 8.06. The van der Waals surface area contributed by atoms with Gasteiger partial charge < -0.3 is 10.6 Å². The van der Waals surface area contributed by atoms with Gasteiger partial charge in [0, 0.05) is 17.6 Å². The van der Waals surface area contributed by atoms with Crippen LogP contribution in [0, 0.1) is 19.7 Å². The van der Waals surface area contributed by atoms with Crippen molar-refractivity contribution >= 4 is 17.3 Å². The van der Waals surface area contributed by atoms with Crippen LogP contribution in [0.2, 0.25) is 0 Å². The fourth-order valence-corrected chi connectivity index (χ4v) is 2.82. The summed E-state index contributed by atoms with van der Waals surface area (Å²) in [4.78, 5) is 10.0. The summed E-state index contributed by atoms with van der Waals surface area (Å²) in [6.45, 7) is 9.09. The molecule has 23 heavy (non-hydrogen) atoms. The fourth-order valence-electron chi connectivity index (χ4n) is 2.11. The summed E-state index contributed by atoms with van der Waals surface area (Å²) in [5.41, 5.74) is 1.55. The molecule has 6 heteroatoms. The minimum absolute atomic E-state index is 0.0408. The van der Waals surface area contributed by atoms with E-state index >= 15 is 0 Å². The van der Waals surface area contributed by atoms with Gasteiger partial charge in [-0.3, -0.25) is 0 Å². The molecule has 0 aliphatic carbocycles. The van der Waals surface area contributed by atoms with Crippen LogP contribution in [0.15, 0.2) is 29.4 Å². The Kier molecular flexibility index (Phi) is 6.10. The van der Waals surface area contributed by atoms with Gasteiger partial charge in [-0.25, -0.2) is 14.4 Å². The van der Waals surface area contributed by atoms with Gasteiger partial charge in [0.05, 0.1) is 12.6 Å². The Labute approximate surface area is 140 Å². The van der Waals surface area contributed by atoms with Crippen LogP contribution >= 0.6 is 11.3 Å². The Bertz CT molecular complexity index is 681. The van der Waals surface area contributed by atoms with Gasteiger partial charge in [-0.05, 0) is 44.9 Å². The van der Waals surface area contributed by atoms with Gasteiger partial charge in [0.25, 0.3) is 0 Å². The number of hydrogen-bond donors (Lipinski definition) is 2. The third-order valence-corrected chi connectivity index (χ3v) is 4.33. The number of nitrogens with one attached hydrogen (secondary N) is 2. The van der Waals surface area contributed by atoms with E-state index in [9.17, 15) is 4.39 Å². The third-order valence-electron chi connectivity index (χ3n) is 3.43. The summed E-state index contributed by atoms with van der Waals surface area (Å²) in [5, 5.41) is 7.50. The summed E-state index contributed by atoms with van der Waals surface area (Å²) < 4.78 is 13.7. The van der Waals surface area contributed by atoms with Gasteiger partial charge in [0.2, 0.25) is 0 Å². The molecule has 0 aliphatic heterocycles. The maximum atomic E-state index is 13.7. The molecular weight excluding hydrogens is 311 g/mol. The fraction of sp³-hybridized carbons (Fsp3) is 0.412. The highest BCUT2D eigenvalue weighted by Gasteiger charge is 2.10. The molecule has 0 spiro atoms. The van der Waals surface area contributed by atoms with Crippen molar-refractivity contribution in [3.8, 4) is 0 Å². The smallest absolute Gasteiger partial charge is 0.192 e. The van der Waals surface area contributed by atoms with E-state index in [0.29, 0.717) is 18.1 Å². The third kappa shape index (κ3) is 5.03. The van der Waals surface area contributed by atoms with Crippen molar-refractivity contribution in [3.05, 3.63) is 51.2 Å². The van der Waals surface area contributed by atoms with Crippen LogP contribution in [0.5, 0.6) is 0 Å². The lowest BCUT2D eigenvalue weighted by molar-refractivity contribution is 0.607. The molecule has 1 atom stereocenters. The molecule has 0 fully saturated rings. The number of halogens is 1. The van der Waals surface area contributed by atoms with Gasteiger partial charge in [0.1, 0.15) is 10.8 Å². The zero-order chi connectivity index (χ0) is 16.8. The number of hydrogen-bond acceptors (Lipinski definition) is 3. The zero-order valence-corrected chi connectivity index (χ0v) is 14.8. The second-order valence-electron chi connectivity index (χ2n) is 5.43. The van der Waals surface area contributed by atoms with Crippen LogP contribution in [-0.2, 0) is 6.54 Å². The number of thiazole rings is 1. The summed E-state index contributed by atoms with van der Waals surface area (Å²) in [7, 11) is 0. The summed E-state index contributed by atoms with van der Waals surface area (Å²) in [6.07, 6.45) is 1.85. The lowest BCUT2D eigenvalue weighted by Gasteiger charge is -2.18. The second-order valence-corrected chi connectivity index (χ2v) is 6.75. The maximum Gasteiger partial charge on any atom is 0.192 e. The molecule has 0 bridgehead atoms. The van der Waals surface area contributed by atoms with E-state index in [0.717, 1.165) is 17.1 Å². The Balaban J connectivity index is 2.06. The van der Waals surface area contributed by atoms with Crippen molar-refractivity contribution in [2.45, 2.75) is 40.3 Å². The van der Waals surface area contributed by atoms with E-state index in [2.05, 4.69) is 20.6 Å². The molecule has 2 rings (SSSR count). The van der Waals surface area contributed by atoms with Crippen molar-refractivity contribution in [1.82, 2.24) is 15.6 Å². The normalized spacial score (nSPS) is 13.0. The number of guanidine groups is 1. The predicted molar refractivity (Wildman–Crippen MR) is 94.4 cm³/mol. The number of nitrogens with zero attached hydrogens (tertiary/aromatic N) is 2. The van der Waals surface area contributed by atoms with E-state index in [4.69, 9.17) is 0 Å². The Hall–Kier alpha value is -1.95. The Morgan fingerprint density at radius 3 is 2.78 bits per heavy atom. The first kappa shape index (κ1) is 17.4. The van der Waals surface area contributed by atoms with E-state index < -0.39 is 0 Å². The predicted octanol–water partition coefficient (Wildman–Crippen LogP) is 3.72. The maximum absolute atomic E-state index is 13.7. The first-order chi connectivity index (χ1) is 11.0. The Morgan fingerprint density at radius 2 is 2.17 bits per heavy atom. The molecule has 0 saturated heterocycles. The highest BCUT2D eigenvalue weighted by Crippen LogP contribution is 2.16. The topological polar surface area (TPSA) is 49.3 Å². The van der Waals surface area contributed by atoms with Crippen molar-refractivity contribution in [2.75, 3.05) is 6.54 Å². The van der Waals surface area contributed by atoms with Crippen LogP contribution in [0.4, 0.5) is 4.39 Å². The largest absolute Gasteiger partial charge is 0.357 e. The lowest BCUT2D eigenvalue weighted by atomic mass is 10.1. The standard InChI is InChI=1S/C17H23FN4S/c1-5-19-17(21-10-16-20-9-12(3)23-16)22-13(4)14-7-6-11(2)15(18)8-14/h6-9,13H,5,10H2,1-4H3,(H2,19,21,22). The lowest BCUT2D eigenvalue weighted by Crippen LogP contribution is -2.38. The molecule has 0 aliphatic rings. The molecule has 1 aromatic heterocycles. The highest BCUT2D eigenvalue weighted by molar-refractivity contribution is 7.11. The molecule has 0 amide bonds. The monoisotopic (exact) mass is 334 g/mol. The van der Waals surface area contributed by atoms with Crippen LogP contribution in [0.3, 0.4) is 0 Å². The van der Waals surface area contributed by atoms with Gasteiger partial charge in [-0.15, -0.1) is 11.3 Å². The van der Waals surface area contributed by atoms with Crippen LogP contribution in [0.25, 0.3) is 0 Å². The Morgan fingerprint density at radius 1 is 1.39 bits per heavy atom. The molecule has 2 N–H and O–H groups in total. The molecule has 1 heterocycles. The van der Waals surface area contributed by atoms with E-state index in [1.54, 1.807) is 30.4 Å². The van der Waals surface area contributed by atoms with Crippen molar-refractivity contribution in [1.29, 1.82) is 0 Å². The molecular formula is C17H23FN4S. The summed E-state index contributed by atoms with van der Waals surface area (Å²) in [5.74, 6) is 0.519. The number of rotatable bonds is 5. The quantitative estimate of drug-likeness (QED) is 0.647. The van der Waals surface area contributed by atoms with E-state index in [1.165, 1.54) is 4.88 Å². The first-order valence-corrected chi connectivity index (χ1v) is 8.53. The molecule has 0 saturated carbocycles. The van der Waals surface area contributed by atoms with Crippen LogP contribution < -0.4 is 10.6 Å². The molecule has 1 aromatic carbocycles. The SMILES string of the molecule is CCNC(=NCc1ncc(C)s1)NC(C)c1ccc(C)c(F)c1. The van der Waals surface area contributed by atoms with Crippen molar-refractivity contribution in [2.24, 2.45) is 4.99 Å². The molecule has 4 nitrogen and oxygen atoms in total. The van der Waals surface area contributed by atoms with Gasteiger partial charge >= 0.3 is 0 Å². The van der Waals surface area contributed by atoms with Gasteiger partial charge in [-0.1, -0.05) is 12.1 Å².